The fourth-order valence-corrected chi connectivity index (χ4v) is 1.63. The zero-order valence-electron chi connectivity index (χ0n) is 11.3. The summed E-state index contributed by atoms with van der Waals surface area (Å²) in [6.45, 7) is 5.40. The molecular formula is C14H19NO4. The lowest BCUT2D eigenvalue weighted by atomic mass is 10.1. The summed E-state index contributed by atoms with van der Waals surface area (Å²) < 4.78 is 5.55. The SMILES string of the molecule is CC(CC(=O)O)NC(=O)c1ccccc1OC(C)C. The molecule has 1 unspecified atom stereocenters. The standard InChI is InChI=1S/C14H19NO4/c1-9(2)19-12-7-5-4-6-11(12)14(18)15-10(3)8-13(16)17/h4-7,9-10H,8H2,1-3H3,(H,15,18)(H,16,17). The highest BCUT2D eigenvalue weighted by molar-refractivity contribution is 5.97. The molecule has 0 fully saturated rings. The maximum Gasteiger partial charge on any atom is 0.305 e. The molecule has 0 saturated carbocycles. The van der Waals surface area contributed by atoms with E-state index in [2.05, 4.69) is 5.32 Å². The summed E-state index contributed by atoms with van der Waals surface area (Å²) in [4.78, 5) is 22.6. The van der Waals surface area contributed by atoms with Crippen LogP contribution >= 0.6 is 0 Å². The van der Waals surface area contributed by atoms with E-state index in [1.54, 1.807) is 31.2 Å². The van der Waals surface area contributed by atoms with Crippen LogP contribution in [0.2, 0.25) is 0 Å². The van der Waals surface area contributed by atoms with Gasteiger partial charge in [0.25, 0.3) is 5.91 Å². The summed E-state index contributed by atoms with van der Waals surface area (Å²) in [6, 6.07) is 6.47. The van der Waals surface area contributed by atoms with Crippen molar-refractivity contribution in [3.05, 3.63) is 29.8 Å². The Kier molecular flexibility index (Phi) is 5.36. The van der Waals surface area contributed by atoms with Gasteiger partial charge in [-0.25, -0.2) is 0 Å². The van der Waals surface area contributed by atoms with Crippen molar-refractivity contribution >= 4 is 11.9 Å². The smallest absolute Gasteiger partial charge is 0.305 e. The van der Waals surface area contributed by atoms with Crippen molar-refractivity contribution in [2.75, 3.05) is 0 Å². The van der Waals surface area contributed by atoms with E-state index in [9.17, 15) is 9.59 Å². The van der Waals surface area contributed by atoms with E-state index in [-0.39, 0.29) is 18.4 Å². The Morgan fingerprint density at radius 3 is 2.47 bits per heavy atom. The molecule has 5 heteroatoms. The maximum atomic E-state index is 12.1. The van der Waals surface area contributed by atoms with Gasteiger partial charge in [-0.1, -0.05) is 12.1 Å². The van der Waals surface area contributed by atoms with Gasteiger partial charge in [-0.05, 0) is 32.9 Å². The Labute approximate surface area is 112 Å². The van der Waals surface area contributed by atoms with Gasteiger partial charge in [0, 0.05) is 6.04 Å². The average molecular weight is 265 g/mol. The molecule has 0 aromatic heterocycles. The predicted octanol–water partition coefficient (Wildman–Crippen LogP) is 2.07. The molecule has 19 heavy (non-hydrogen) atoms. The number of ether oxygens (including phenoxy) is 1. The number of para-hydroxylation sites is 1. The van der Waals surface area contributed by atoms with Crippen LogP contribution in [0.1, 0.15) is 37.6 Å². The maximum absolute atomic E-state index is 12.1. The first-order valence-corrected chi connectivity index (χ1v) is 6.18. The van der Waals surface area contributed by atoms with Crippen molar-refractivity contribution in [2.45, 2.75) is 39.3 Å². The molecule has 0 spiro atoms. The average Bonchev–Trinajstić information content (AvgIpc) is 2.27. The molecule has 1 rings (SSSR count). The van der Waals surface area contributed by atoms with Crippen molar-refractivity contribution in [2.24, 2.45) is 0 Å². The number of carboxylic acid groups (broad SMARTS) is 1. The number of hydrogen-bond acceptors (Lipinski definition) is 3. The van der Waals surface area contributed by atoms with E-state index in [1.165, 1.54) is 0 Å². The lowest BCUT2D eigenvalue weighted by molar-refractivity contribution is -0.137. The Hall–Kier alpha value is -2.04. The van der Waals surface area contributed by atoms with Crippen LogP contribution < -0.4 is 10.1 Å². The quantitative estimate of drug-likeness (QED) is 0.825. The van der Waals surface area contributed by atoms with Gasteiger partial charge in [-0.2, -0.15) is 0 Å². The Balaban J connectivity index is 2.78. The first-order chi connectivity index (χ1) is 8.90. The third-order valence-electron chi connectivity index (χ3n) is 2.35. The second-order valence-electron chi connectivity index (χ2n) is 4.64. The number of carbonyl (C=O) groups is 2. The molecule has 0 bridgehead atoms. The monoisotopic (exact) mass is 265 g/mol. The number of hydrogen-bond donors (Lipinski definition) is 2. The van der Waals surface area contributed by atoms with Gasteiger partial charge >= 0.3 is 5.97 Å². The summed E-state index contributed by atoms with van der Waals surface area (Å²) in [5.41, 5.74) is 0.411. The lowest BCUT2D eigenvalue weighted by Gasteiger charge is -2.16. The predicted molar refractivity (Wildman–Crippen MR) is 71.4 cm³/mol. The second kappa shape index (κ2) is 6.78. The largest absolute Gasteiger partial charge is 0.490 e. The van der Waals surface area contributed by atoms with E-state index in [4.69, 9.17) is 9.84 Å². The number of carboxylic acids is 1. The van der Waals surface area contributed by atoms with Crippen LogP contribution in [0.5, 0.6) is 5.75 Å². The van der Waals surface area contributed by atoms with Crippen molar-refractivity contribution in [1.82, 2.24) is 5.32 Å². The molecule has 104 valence electrons. The molecular weight excluding hydrogens is 246 g/mol. The minimum Gasteiger partial charge on any atom is -0.490 e. The van der Waals surface area contributed by atoms with Crippen LogP contribution in [-0.4, -0.2) is 29.1 Å². The van der Waals surface area contributed by atoms with Gasteiger partial charge in [0.15, 0.2) is 0 Å². The summed E-state index contributed by atoms with van der Waals surface area (Å²) in [6.07, 6.45) is -0.149. The summed E-state index contributed by atoms with van der Waals surface area (Å²) in [7, 11) is 0. The fraction of sp³-hybridized carbons (Fsp3) is 0.429. The zero-order valence-corrected chi connectivity index (χ0v) is 11.3. The summed E-state index contributed by atoms with van der Waals surface area (Å²) >= 11 is 0. The molecule has 0 heterocycles. The highest BCUT2D eigenvalue weighted by Gasteiger charge is 2.16. The molecule has 2 N–H and O–H groups in total. The van der Waals surface area contributed by atoms with Gasteiger partial charge in [0.2, 0.25) is 0 Å². The fourth-order valence-electron chi connectivity index (χ4n) is 1.63. The number of nitrogens with one attached hydrogen (secondary N) is 1. The van der Waals surface area contributed by atoms with Crippen molar-refractivity contribution < 1.29 is 19.4 Å². The number of carbonyl (C=O) groups excluding carboxylic acids is 1. The van der Waals surface area contributed by atoms with Crippen molar-refractivity contribution in [1.29, 1.82) is 0 Å². The van der Waals surface area contributed by atoms with Crippen molar-refractivity contribution in [3.63, 3.8) is 0 Å². The van der Waals surface area contributed by atoms with Gasteiger partial charge < -0.3 is 15.2 Å². The van der Waals surface area contributed by atoms with Gasteiger partial charge in [0.1, 0.15) is 5.75 Å². The van der Waals surface area contributed by atoms with Gasteiger partial charge in [-0.3, -0.25) is 9.59 Å². The van der Waals surface area contributed by atoms with E-state index >= 15 is 0 Å². The molecule has 1 amide bonds. The molecule has 0 aliphatic rings. The number of rotatable bonds is 6. The molecule has 0 saturated heterocycles. The highest BCUT2D eigenvalue weighted by Crippen LogP contribution is 2.19. The first kappa shape index (κ1) is 15.0. The van der Waals surface area contributed by atoms with Crippen molar-refractivity contribution in [3.8, 4) is 5.75 Å². The number of aliphatic carboxylic acids is 1. The summed E-state index contributed by atoms with van der Waals surface area (Å²) in [5.74, 6) is -0.776. The molecule has 0 aliphatic heterocycles. The second-order valence-corrected chi connectivity index (χ2v) is 4.64. The van der Waals surface area contributed by atoms with E-state index < -0.39 is 12.0 Å². The van der Waals surface area contributed by atoms with E-state index in [0.29, 0.717) is 11.3 Å². The Morgan fingerprint density at radius 2 is 1.89 bits per heavy atom. The topological polar surface area (TPSA) is 75.6 Å². The molecule has 1 atom stereocenters. The van der Waals surface area contributed by atoms with Gasteiger partial charge in [0.05, 0.1) is 18.1 Å². The van der Waals surface area contributed by atoms with Crippen LogP contribution in [0.3, 0.4) is 0 Å². The third kappa shape index (κ3) is 4.99. The molecule has 1 aromatic rings. The third-order valence-corrected chi connectivity index (χ3v) is 2.35. The van der Waals surface area contributed by atoms with Crippen LogP contribution in [0.25, 0.3) is 0 Å². The zero-order chi connectivity index (χ0) is 14.4. The van der Waals surface area contributed by atoms with Crippen LogP contribution in [0, 0.1) is 0 Å². The Bertz CT molecular complexity index is 457. The molecule has 0 aliphatic carbocycles. The number of amides is 1. The Morgan fingerprint density at radius 1 is 1.26 bits per heavy atom. The molecule has 1 aromatic carbocycles. The minimum absolute atomic E-state index is 0.0367. The number of benzene rings is 1. The van der Waals surface area contributed by atoms with Crippen LogP contribution in [0.15, 0.2) is 24.3 Å². The first-order valence-electron chi connectivity index (χ1n) is 6.18. The molecule has 0 radical (unpaired) electrons. The van der Waals surface area contributed by atoms with Gasteiger partial charge in [-0.15, -0.1) is 0 Å². The highest BCUT2D eigenvalue weighted by atomic mass is 16.5. The van der Waals surface area contributed by atoms with E-state index in [0.717, 1.165) is 0 Å². The van der Waals surface area contributed by atoms with Crippen LogP contribution in [0.4, 0.5) is 0 Å². The normalized spacial score (nSPS) is 12.0. The van der Waals surface area contributed by atoms with Crippen LogP contribution in [-0.2, 0) is 4.79 Å². The molecule has 5 nitrogen and oxygen atoms in total. The minimum atomic E-state index is -0.945. The summed E-state index contributed by atoms with van der Waals surface area (Å²) in [5, 5.41) is 11.3. The van der Waals surface area contributed by atoms with E-state index in [1.807, 2.05) is 13.8 Å². The lowest BCUT2D eigenvalue weighted by Crippen LogP contribution is -2.34.